The third-order valence-corrected chi connectivity index (χ3v) is 1.14. The third-order valence-electron chi connectivity index (χ3n) is 1.14. The van der Waals surface area contributed by atoms with E-state index in [0.29, 0.717) is 6.10 Å². The molecule has 7 heavy (non-hydrogen) atoms. The van der Waals surface area contributed by atoms with E-state index in [1.807, 2.05) is 13.0 Å². The van der Waals surface area contributed by atoms with Crippen molar-refractivity contribution in [3.05, 3.63) is 12.2 Å². The van der Waals surface area contributed by atoms with Gasteiger partial charge >= 0.3 is 0 Å². The summed E-state index contributed by atoms with van der Waals surface area (Å²) in [6.07, 6.45) is 5.78. The van der Waals surface area contributed by atoms with Crippen LogP contribution < -0.4 is 0 Å². The molecule has 1 rings (SSSR count). The normalized spacial score (nSPS) is 30.7. The molecule has 0 aliphatic carbocycles. The lowest BCUT2D eigenvalue weighted by atomic mass is 10.2. The van der Waals surface area contributed by atoms with Crippen molar-refractivity contribution in [1.82, 2.24) is 0 Å². The highest BCUT2D eigenvalue weighted by atomic mass is 16.5. The van der Waals surface area contributed by atoms with E-state index in [1.54, 1.807) is 0 Å². The fourth-order valence-corrected chi connectivity index (χ4v) is 0.620. The van der Waals surface area contributed by atoms with Crippen LogP contribution in [0, 0.1) is 0 Å². The van der Waals surface area contributed by atoms with Crippen molar-refractivity contribution in [1.29, 1.82) is 0 Å². The molecule has 0 aromatic rings. The highest BCUT2D eigenvalue weighted by molar-refractivity contribution is 4.90. The predicted octanol–water partition coefficient (Wildman–Crippen LogP) is 1.35. The van der Waals surface area contributed by atoms with E-state index in [9.17, 15) is 0 Å². The van der Waals surface area contributed by atoms with Gasteiger partial charge in [0.1, 0.15) is 0 Å². The molecule has 0 spiro atoms. The summed E-state index contributed by atoms with van der Waals surface area (Å²) in [5.41, 5.74) is 0. The van der Waals surface area contributed by atoms with E-state index < -0.39 is 0 Å². The summed E-state index contributed by atoms with van der Waals surface area (Å²) >= 11 is 0. The topological polar surface area (TPSA) is 9.23 Å². The Morgan fingerprint density at radius 3 is 2.57 bits per heavy atom. The average Bonchev–Trinajstić information content (AvgIpc) is 1.55. The van der Waals surface area contributed by atoms with Gasteiger partial charge in [0.25, 0.3) is 0 Å². The number of rotatable bonds is 1. The quantitative estimate of drug-likeness (QED) is 0.450. The summed E-state index contributed by atoms with van der Waals surface area (Å²) in [6, 6.07) is 0. The first kappa shape index (κ1) is 4.85. The number of allylic oxidation sites excluding steroid dienone is 1. The lowest BCUT2D eigenvalue weighted by molar-refractivity contribution is -0.0185. The van der Waals surface area contributed by atoms with Crippen LogP contribution in [-0.2, 0) is 4.74 Å². The minimum Gasteiger partial charge on any atom is -0.374 e. The molecule has 1 fully saturated rings. The first-order valence-electron chi connectivity index (χ1n) is 2.68. The second-order valence-corrected chi connectivity index (χ2v) is 1.72. The molecular weight excluding hydrogens is 88.1 g/mol. The number of hydrogen-bond acceptors (Lipinski definition) is 1. The maximum atomic E-state index is 5.08. The molecule has 0 saturated carbocycles. The van der Waals surface area contributed by atoms with Crippen molar-refractivity contribution in [2.24, 2.45) is 0 Å². The van der Waals surface area contributed by atoms with Crippen LogP contribution in [0.25, 0.3) is 0 Å². The summed E-state index contributed by atoms with van der Waals surface area (Å²) in [5.74, 6) is 0. The summed E-state index contributed by atoms with van der Waals surface area (Å²) in [4.78, 5) is 0. The van der Waals surface area contributed by atoms with Crippen molar-refractivity contribution in [2.75, 3.05) is 6.61 Å². The van der Waals surface area contributed by atoms with Gasteiger partial charge in [0.05, 0.1) is 12.7 Å². The molecule has 1 heterocycles. The van der Waals surface area contributed by atoms with E-state index in [1.165, 1.54) is 6.42 Å². The van der Waals surface area contributed by atoms with Gasteiger partial charge in [-0.1, -0.05) is 12.2 Å². The minimum atomic E-state index is 0.449. The molecule has 1 aliphatic heterocycles. The van der Waals surface area contributed by atoms with E-state index in [2.05, 4.69) is 6.08 Å². The zero-order chi connectivity index (χ0) is 5.11. The molecular formula is C6H10O. The summed E-state index contributed by atoms with van der Waals surface area (Å²) in [5, 5.41) is 0. The van der Waals surface area contributed by atoms with Gasteiger partial charge < -0.3 is 4.74 Å². The van der Waals surface area contributed by atoms with Gasteiger partial charge in [-0.3, -0.25) is 0 Å². The molecule has 0 N–H and O–H groups in total. The summed E-state index contributed by atoms with van der Waals surface area (Å²) in [7, 11) is 0. The van der Waals surface area contributed by atoms with Gasteiger partial charge in [-0.05, 0) is 6.92 Å². The second-order valence-electron chi connectivity index (χ2n) is 1.72. The zero-order valence-electron chi connectivity index (χ0n) is 4.55. The Morgan fingerprint density at radius 1 is 1.71 bits per heavy atom. The Labute approximate surface area is 44.0 Å². The molecule has 1 atom stereocenters. The van der Waals surface area contributed by atoms with Crippen molar-refractivity contribution >= 4 is 0 Å². The van der Waals surface area contributed by atoms with Crippen molar-refractivity contribution in [3.8, 4) is 0 Å². The molecule has 40 valence electrons. The molecule has 1 saturated heterocycles. The highest BCUT2D eigenvalue weighted by Crippen LogP contribution is 2.10. The number of ether oxygens (including phenoxy) is 1. The van der Waals surface area contributed by atoms with Crippen LogP contribution in [0.4, 0.5) is 0 Å². The van der Waals surface area contributed by atoms with Gasteiger partial charge in [0.15, 0.2) is 0 Å². The zero-order valence-corrected chi connectivity index (χ0v) is 4.55. The van der Waals surface area contributed by atoms with Gasteiger partial charge in [-0.2, -0.15) is 0 Å². The maximum Gasteiger partial charge on any atom is 0.0777 e. The molecule has 1 aliphatic rings. The lowest BCUT2D eigenvalue weighted by Crippen LogP contribution is -2.23. The minimum absolute atomic E-state index is 0.449. The Hall–Kier alpha value is -0.300. The Morgan fingerprint density at radius 2 is 2.43 bits per heavy atom. The second kappa shape index (κ2) is 2.12. The molecule has 0 radical (unpaired) electrons. The Kier molecular flexibility index (Phi) is 1.47. The van der Waals surface area contributed by atoms with Crippen LogP contribution in [-0.4, -0.2) is 12.7 Å². The Balaban J connectivity index is 2.14. The smallest absolute Gasteiger partial charge is 0.0777 e. The van der Waals surface area contributed by atoms with Gasteiger partial charge in [0, 0.05) is 6.42 Å². The van der Waals surface area contributed by atoms with Crippen LogP contribution in [0.2, 0.25) is 0 Å². The van der Waals surface area contributed by atoms with Gasteiger partial charge in [0.2, 0.25) is 0 Å². The molecule has 1 unspecified atom stereocenters. The lowest BCUT2D eigenvalue weighted by Gasteiger charge is -2.22. The maximum absolute atomic E-state index is 5.08. The first-order chi connectivity index (χ1) is 3.43. The largest absolute Gasteiger partial charge is 0.374 e. The molecule has 0 bridgehead atoms. The van der Waals surface area contributed by atoms with Crippen LogP contribution >= 0.6 is 0 Å². The van der Waals surface area contributed by atoms with E-state index >= 15 is 0 Å². The third kappa shape index (κ3) is 1.03. The van der Waals surface area contributed by atoms with Crippen LogP contribution in [0.1, 0.15) is 13.3 Å². The molecule has 0 aromatic carbocycles. The molecule has 0 amide bonds. The van der Waals surface area contributed by atoms with Crippen LogP contribution in [0.3, 0.4) is 0 Å². The standard InChI is InChI=1S/C6H10O/c1-2-3-6-4-5-7-6/h2-3,6H,4-5H2,1H3/b3-2+. The molecule has 1 heteroatoms. The van der Waals surface area contributed by atoms with E-state index in [4.69, 9.17) is 4.74 Å². The van der Waals surface area contributed by atoms with E-state index in [0.717, 1.165) is 6.61 Å². The van der Waals surface area contributed by atoms with Crippen LogP contribution in [0.15, 0.2) is 12.2 Å². The van der Waals surface area contributed by atoms with Crippen molar-refractivity contribution in [3.63, 3.8) is 0 Å². The first-order valence-corrected chi connectivity index (χ1v) is 2.68. The fourth-order valence-electron chi connectivity index (χ4n) is 0.620. The molecule has 0 aromatic heterocycles. The number of hydrogen-bond donors (Lipinski definition) is 0. The monoisotopic (exact) mass is 98.1 g/mol. The summed E-state index contributed by atoms with van der Waals surface area (Å²) in [6.45, 7) is 2.97. The van der Waals surface area contributed by atoms with E-state index in [-0.39, 0.29) is 0 Å². The summed E-state index contributed by atoms with van der Waals surface area (Å²) < 4.78 is 5.08. The van der Waals surface area contributed by atoms with Crippen LogP contribution in [0.5, 0.6) is 0 Å². The SMILES string of the molecule is C/C=C/C1CCO1. The van der Waals surface area contributed by atoms with Gasteiger partial charge in [-0.25, -0.2) is 0 Å². The average molecular weight is 98.1 g/mol. The fraction of sp³-hybridized carbons (Fsp3) is 0.667. The Bertz CT molecular complexity index is 72.2. The van der Waals surface area contributed by atoms with Gasteiger partial charge in [-0.15, -0.1) is 0 Å². The van der Waals surface area contributed by atoms with Crippen molar-refractivity contribution in [2.45, 2.75) is 19.4 Å². The highest BCUT2D eigenvalue weighted by Gasteiger charge is 2.12. The predicted molar refractivity (Wildman–Crippen MR) is 29.2 cm³/mol. The molecule has 1 nitrogen and oxygen atoms in total. The van der Waals surface area contributed by atoms with Crippen molar-refractivity contribution < 1.29 is 4.74 Å².